The van der Waals surface area contributed by atoms with Gasteiger partial charge in [0, 0.05) is 12.3 Å². The molecule has 1 aromatic rings. The van der Waals surface area contributed by atoms with E-state index in [0.717, 1.165) is 19.3 Å². The maximum absolute atomic E-state index is 9.89. The summed E-state index contributed by atoms with van der Waals surface area (Å²) in [6.45, 7) is 4.39. The van der Waals surface area contributed by atoms with E-state index < -0.39 is 0 Å². The second-order valence-corrected chi connectivity index (χ2v) is 4.70. The lowest BCUT2D eigenvalue weighted by Crippen LogP contribution is -2.32. The molecule has 17 heavy (non-hydrogen) atoms. The van der Waals surface area contributed by atoms with Gasteiger partial charge in [0.2, 0.25) is 0 Å². The van der Waals surface area contributed by atoms with Gasteiger partial charge in [0.1, 0.15) is 0 Å². The molecule has 0 amide bonds. The summed E-state index contributed by atoms with van der Waals surface area (Å²) in [7, 11) is 0. The highest BCUT2D eigenvalue weighted by molar-refractivity contribution is 5.13. The SMILES string of the molecule is C=C[C@@H]1CC[C@@H](OCc2ccccc2)C[C@H]1O. The van der Waals surface area contributed by atoms with E-state index in [1.165, 1.54) is 5.56 Å². The Morgan fingerprint density at radius 1 is 1.29 bits per heavy atom. The molecule has 1 aliphatic rings. The van der Waals surface area contributed by atoms with Crippen LogP contribution in [-0.2, 0) is 11.3 Å². The number of rotatable bonds is 4. The van der Waals surface area contributed by atoms with E-state index in [0.29, 0.717) is 6.61 Å². The van der Waals surface area contributed by atoms with Crippen molar-refractivity contribution in [3.8, 4) is 0 Å². The molecule has 0 bridgehead atoms. The highest BCUT2D eigenvalue weighted by Gasteiger charge is 2.27. The van der Waals surface area contributed by atoms with Gasteiger partial charge in [0.05, 0.1) is 18.8 Å². The Labute approximate surface area is 103 Å². The molecule has 1 aliphatic carbocycles. The first kappa shape index (κ1) is 12.3. The van der Waals surface area contributed by atoms with Crippen LogP contribution < -0.4 is 0 Å². The van der Waals surface area contributed by atoms with Gasteiger partial charge < -0.3 is 9.84 Å². The minimum atomic E-state index is -0.290. The van der Waals surface area contributed by atoms with Crippen LogP contribution in [0.1, 0.15) is 24.8 Å². The normalized spacial score (nSPS) is 28.9. The number of hydrogen-bond donors (Lipinski definition) is 1. The van der Waals surface area contributed by atoms with Crippen molar-refractivity contribution < 1.29 is 9.84 Å². The molecule has 0 unspecified atom stereocenters. The monoisotopic (exact) mass is 232 g/mol. The fraction of sp³-hybridized carbons (Fsp3) is 0.467. The third-order valence-electron chi connectivity index (χ3n) is 3.45. The number of benzene rings is 1. The summed E-state index contributed by atoms with van der Waals surface area (Å²) in [4.78, 5) is 0. The second-order valence-electron chi connectivity index (χ2n) is 4.70. The Balaban J connectivity index is 1.79. The van der Waals surface area contributed by atoms with Crippen molar-refractivity contribution in [2.45, 2.75) is 38.1 Å². The minimum absolute atomic E-state index is 0.182. The summed E-state index contributed by atoms with van der Waals surface area (Å²) in [6.07, 6.45) is 4.47. The average molecular weight is 232 g/mol. The quantitative estimate of drug-likeness (QED) is 0.809. The van der Waals surface area contributed by atoms with Gasteiger partial charge in [-0.05, 0) is 18.4 Å². The van der Waals surface area contributed by atoms with Gasteiger partial charge in [-0.2, -0.15) is 0 Å². The number of ether oxygens (including phenoxy) is 1. The third-order valence-corrected chi connectivity index (χ3v) is 3.45. The lowest BCUT2D eigenvalue weighted by atomic mass is 9.85. The molecule has 0 spiro atoms. The zero-order chi connectivity index (χ0) is 12.1. The second kappa shape index (κ2) is 5.99. The summed E-state index contributed by atoms with van der Waals surface area (Å²) in [5, 5.41) is 9.89. The van der Waals surface area contributed by atoms with Crippen LogP contribution in [0.3, 0.4) is 0 Å². The first-order chi connectivity index (χ1) is 8.29. The Morgan fingerprint density at radius 3 is 2.71 bits per heavy atom. The maximum Gasteiger partial charge on any atom is 0.0720 e. The molecule has 0 saturated heterocycles. The van der Waals surface area contributed by atoms with E-state index >= 15 is 0 Å². The van der Waals surface area contributed by atoms with Crippen LogP contribution in [0.5, 0.6) is 0 Å². The molecule has 1 fully saturated rings. The maximum atomic E-state index is 9.89. The molecule has 0 aliphatic heterocycles. The van der Waals surface area contributed by atoms with Gasteiger partial charge >= 0.3 is 0 Å². The molecule has 1 N–H and O–H groups in total. The zero-order valence-electron chi connectivity index (χ0n) is 10.1. The Kier molecular flexibility index (Phi) is 4.35. The molecule has 2 nitrogen and oxygen atoms in total. The summed E-state index contributed by atoms with van der Waals surface area (Å²) in [5.74, 6) is 0.242. The summed E-state index contributed by atoms with van der Waals surface area (Å²) >= 11 is 0. The van der Waals surface area contributed by atoms with E-state index in [9.17, 15) is 5.11 Å². The highest BCUT2D eigenvalue weighted by atomic mass is 16.5. The number of aliphatic hydroxyl groups excluding tert-OH is 1. The van der Waals surface area contributed by atoms with E-state index in [-0.39, 0.29) is 18.1 Å². The molecule has 92 valence electrons. The van der Waals surface area contributed by atoms with Crippen molar-refractivity contribution in [1.29, 1.82) is 0 Å². The van der Waals surface area contributed by atoms with Crippen molar-refractivity contribution in [3.63, 3.8) is 0 Å². The molecule has 0 radical (unpaired) electrons. The molecular formula is C15H20O2. The average Bonchev–Trinajstić information content (AvgIpc) is 2.38. The Bertz CT molecular complexity index is 347. The summed E-state index contributed by atoms with van der Waals surface area (Å²) in [6, 6.07) is 10.2. The predicted octanol–water partition coefficient (Wildman–Crippen LogP) is 2.92. The molecule has 0 heterocycles. The highest BCUT2D eigenvalue weighted by Crippen LogP contribution is 2.27. The van der Waals surface area contributed by atoms with Crippen LogP contribution in [0.25, 0.3) is 0 Å². The topological polar surface area (TPSA) is 29.5 Å². The number of aliphatic hydroxyl groups is 1. The predicted molar refractivity (Wildman–Crippen MR) is 68.6 cm³/mol. The van der Waals surface area contributed by atoms with Crippen molar-refractivity contribution >= 4 is 0 Å². The molecule has 3 atom stereocenters. The first-order valence-electron chi connectivity index (χ1n) is 6.25. The van der Waals surface area contributed by atoms with Crippen LogP contribution >= 0.6 is 0 Å². The molecule has 0 aromatic heterocycles. The smallest absolute Gasteiger partial charge is 0.0720 e. The van der Waals surface area contributed by atoms with Gasteiger partial charge in [-0.25, -0.2) is 0 Å². The Hall–Kier alpha value is -1.12. The lowest BCUT2D eigenvalue weighted by molar-refractivity contribution is -0.0368. The molecule has 1 aromatic carbocycles. The van der Waals surface area contributed by atoms with E-state index in [1.807, 2.05) is 24.3 Å². The fourth-order valence-electron chi connectivity index (χ4n) is 2.35. The standard InChI is InChI=1S/C15H20O2/c1-2-13-8-9-14(10-15(13)16)17-11-12-6-4-3-5-7-12/h2-7,13-16H,1,8-11H2/t13-,14-,15-/m1/s1. The third kappa shape index (κ3) is 3.42. The lowest BCUT2D eigenvalue weighted by Gasteiger charge is -2.31. The minimum Gasteiger partial charge on any atom is -0.392 e. The van der Waals surface area contributed by atoms with Crippen molar-refractivity contribution in [2.24, 2.45) is 5.92 Å². The van der Waals surface area contributed by atoms with Crippen molar-refractivity contribution in [2.75, 3.05) is 0 Å². The first-order valence-corrected chi connectivity index (χ1v) is 6.25. The molecular weight excluding hydrogens is 212 g/mol. The zero-order valence-corrected chi connectivity index (χ0v) is 10.1. The molecule has 2 rings (SSSR count). The molecule has 2 heteroatoms. The van der Waals surface area contributed by atoms with Crippen LogP contribution in [-0.4, -0.2) is 17.3 Å². The van der Waals surface area contributed by atoms with Gasteiger partial charge in [-0.15, -0.1) is 6.58 Å². The largest absolute Gasteiger partial charge is 0.392 e. The molecule has 1 saturated carbocycles. The van der Waals surface area contributed by atoms with Gasteiger partial charge in [0.15, 0.2) is 0 Å². The van der Waals surface area contributed by atoms with Crippen LogP contribution in [0.2, 0.25) is 0 Å². The van der Waals surface area contributed by atoms with E-state index in [1.54, 1.807) is 0 Å². The fourth-order valence-corrected chi connectivity index (χ4v) is 2.35. The summed E-state index contributed by atoms with van der Waals surface area (Å²) < 4.78 is 5.84. The van der Waals surface area contributed by atoms with Crippen LogP contribution in [0.15, 0.2) is 43.0 Å². The number of hydrogen-bond acceptors (Lipinski definition) is 2. The van der Waals surface area contributed by atoms with Gasteiger partial charge in [-0.1, -0.05) is 36.4 Å². The Morgan fingerprint density at radius 2 is 2.06 bits per heavy atom. The van der Waals surface area contributed by atoms with Crippen LogP contribution in [0.4, 0.5) is 0 Å². The van der Waals surface area contributed by atoms with E-state index in [4.69, 9.17) is 4.74 Å². The van der Waals surface area contributed by atoms with Gasteiger partial charge in [-0.3, -0.25) is 0 Å². The van der Waals surface area contributed by atoms with Gasteiger partial charge in [0.25, 0.3) is 0 Å². The van der Waals surface area contributed by atoms with Crippen LogP contribution in [0, 0.1) is 5.92 Å². The van der Waals surface area contributed by atoms with Crippen molar-refractivity contribution in [1.82, 2.24) is 0 Å². The summed E-state index contributed by atoms with van der Waals surface area (Å²) in [5.41, 5.74) is 1.19. The van der Waals surface area contributed by atoms with E-state index in [2.05, 4.69) is 18.7 Å². The van der Waals surface area contributed by atoms with Crippen molar-refractivity contribution in [3.05, 3.63) is 48.6 Å².